The zero-order valence-electron chi connectivity index (χ0n) is 13.3. The Hall–Kier alpha value is -2.71. The molecular formula is C17H12ClN3O4S. The van der Waals surface area contributed by atoms with Gasteiger partial charge in [-0.3, -0.25) is 4.79 Å². The zero-order chi connectivity index (χ0) is 18.3. The quantitative estimate of drug-likeness (QED) is 0.683. The van der Waals surface area contributed by atoms with E-state index in [9.17, 15) is 13.2 Å². The number of hydrogen-bond acceptors (Lipinski definition) is 6. The Morgan fingerprint density at radius 1 is 1.12 bits per heavy atom. The van der Waals surface area contributed by atoms with E-state index in [-0.39, 0.29) is 18.2 Å². The largest absolute Gasteiger partial charge is 0.337 e. The van der Waals surface area contributed by atoms with Crippen LogP contribution in [0.5, 0.6) is 0 Å². The molecule has 3 aromatic rings. The van der Waals surface area contributed by atoms with Gasteiger partial charge >= 0.3 is 0 Å². The van der Waals surface area contributed by atoms with Crippen LogP contribution >= 0.6 is 11.6 Å². The summed E-state index contributed by atoms with van der Waals surface area (Å²) in [4.78, 5) is 16.8. The Kier molecular flexibility index (Phi) is 4.01. The first-order valence-electron chi connectivity index (χ1n) is 7.65. The summed E-state index contributed by atoms with van der Waals surface area (Å²) in [5.74, 6) is -0.518. The molecule has 9 heteroatoms. The molecule has 0 radical (unpaired) electrons. The summed E-state index contributed by atoms with van der Waals surface area (Å²) in [6, 6.07) is 13.4. The Morgan fingerprint density at radius 3 is 2.62 bits per heavy atom. The van der Waals surface area contributed by atoms with Crippen molar-refractivity contribution >= 4 is 27.5 Å². The lowest BCUT2D eigenvalue weighted by Crippen LogP contribution is -2.41. The van der Waals surface area contributed by atoms with Gasteiger partial charge in [0.15, 0.2) is 0 Å². The number of carbonyl (C=O) groups excluding carboxylic acids is 1. The standard InChI is InChI=1S/C17H12ClN3O4S/c18-13-7-5-11(6-8-13)16-19-15(25-20-16)9-21-17(22)14-4-2-1-3-12(14)10-26(21,23)24/h1-8H,9-10H2. The molecule has 0 saturated heterocycles. The smallest absolute Gasteiger partial charge is 0.268 e. The molecule has 132 valence electrons. The third kappa shape index (κ3) is 2.97. The maximum atomic E-state index is 12.6. The van der Waals surface area contributed by atoms with Crippen molar-refractivity contribution in [1.82, 2.24) is 14.4 Å². The van der Waals surface area contributed by atoms with Crippen LogP contribution in [-0.4, -0.2) is 28.8 Å². The van der Waals surface area contributed by atoms with Crippen LogP contribution in [0.25, 0.3) is 11.4 Å². The Labute approximate surface area is 154 Å². The van der Waals surface area contributed by atoms with Gasteiger partial charge in [0.05, 0.1) is 5.75 Å². The molecule has 0 fully saturated rings. The Morgan fingerprint density at radius 2 is 1.85 bits per heavy atom. The van der Waals surface area contributed by atoms with Crippen molar-refractivity contribution in [3.8, 4) is 11.4 Å². The van der Waals surface area contributed by atoms with Crippen LogP contribution in [0.1, 0.15) is 21.8 Å². The predicted octanol–water partition coefficient (Wildman–Crippen LogP) is 2.88. The summed E-state index contributed by atoms with van der Waals surface area (Å²) in [5.41, 5.74) is 1.52. The molecule has 4 rings (SSSR count). The Bertz CT molecular complexity index is 1090. The summed E-state index contributed by atoms with van der Waals surface area (Å²) in [7, 11) is -3.81. The number of nitrogens with zero attached hydrogens (tertiary/aromatic N) is 3. The van der Waals surface area contributed by atoms with E-state index in [1.54, 1.807) is 48.5 Å². The van der Waals surface area contributed by atoms with Gasteiger partial charge in [-0.15, -0.1) is 0 Å². The molecule has 0 bridgehead atoms. The normalized spacial score (nSPS) is 15.7. The van der Waals surface area contributed by atoms with E-state index in [1.165, 1.54) is 0 Å². The first-order chi connectivity index (χ1) is 12.4. The van der Waals surface area contributed by atoms with Crippen molar-refractivity contribution in [2.75, 3.05) is 0 Å². The summed E-state index contributed by atoms with van der Waals surface area (Å²) < 4.78 is 30.8. The first kappa shape index (κ1) is 16.7. The molecule has 1 aliphatic rings. The van der Waals surface area contributed by atoms with Crippen molar-refractivity contribution in [1.29, 1.82) is 0 Å². The average molecular weight is 390 g/mol. The molecule has 1 aliphatic heterocycles. The van der Waals surface area contributed by atoms with Crippen molar-refractivity contribution in [3.63, 3.8) is 0 Å². The number of carbonyl (C=O) groups is 1. The average Bonchev–Trinajstić information content (AvgIpc) is 3.08. The summed E-state index contributed by atoms with van der Waals surface area (Å²) >= 11 is 5.85. The highest BCUT2D eigenvalue weighted by Crippen LogP contribution is 2.26. The van der Waals surface area contributed by atoms with Gasteiger partial charge in [0.1, 0.15) is 6.54 Å². The fourth-order valence-corrected chi connectivity index (χ4v) is 4.30. The van der Waals surface area contributed by atoms with Crippen LogP contribution in [0.2, 0.25) is 5.02 Å². The number of sulfonamides is 1. The second kappa shape index (κ2) is 6.22. The maximum Gasteiger partial charge on any atom is 0.268 e. The first-order valence-corrected chi connectivity index (χ1v) is 9.64. The minimum absolute atomic E-state index is 0.0336. The number of hydrogen-bond donors (Lipinski definition) is 0. The zero-order valence-corrected chi connectivity index (χ0v) is 14.9. The molecule has 2 heterocycles. The van der Waals surface area contributed by atoms with E-state index in [4.69, 9.17) is 16.1 Å². The topological polar surface area (TPSA) is 93.4 Å². The Balaban J connectivity index is 1.63. The molecule has 2 aromatic carbocycles. The number of rotatable bonds is 3. The minimum Gasteiger partial charge on any atom is -0.337 e. The van der Waals surface area contributed by atoms with Gasteiger partial charge in [-0.1, -0.05) is 35.0 Å². The van der Waals surface area contributed by atoms with Crippen molar-refractivity contribution in [3.05, 3.63) is 70.6 Å². The van der Waals surface area contributed by atoms with Gasteiger partial charge in [-0.25, -0.2) is 12.7 Å². The van der Waals surface area contributed by atoms with Crippen molar-refractivity contribution in [2.24, 2.45) is 0 Å². The molecule has 0 unspecified atom stereocenters. The second-order valence-electron chi connectivity index (χ2n) is 5.74. The molecule has 0 spiro atoms. The number of amides is 1. The monoisotopic (exact) mass is 389 g/mol. The van der Waals surface area contributed by atoms with Gasteiger partial charge in [-0.05, 0) is 35.9 Å². The molecule has 0 saturated carbocycles. The molecule has 26 heavy (non-hydrogen) atoms. The van der Waals surface area contributed by atoms with E-state index in [0.29, 0.717) is 27.5 Å². The van der Waals surface area contributed by atoms with Gasteiger partial charge in [-0.2, -0.15) is 4.98 Å². The van der Waals surface area contributed by atoms with E-state index in [0.717, 1.165) is 4.31 Å². The van der Waals surface area contributed by atoms with Gasteiger partial charge in [0.25, 0.3) is 5.91 Å². The highest BCUT2D eigenvalue weighted by atomic mass is 35.5. The van der Waals surface area contributed by atoms with Crippen LogP contribution in [0.15, 0.2) is 53.1 Å². The molecule has 0 atom stereocenters. The molecular weight excluding hydrogens is 378 g/mol. The van der Waals surface area contributed by atoms with E-state index in [1.807, 2.05) is 0 Å². The van der Waals surface area contributed by atoms with Crippen LogP contribution in [-0.2, 0) is 22.3 Å². The van der Waals surface area contributed by atoms with Gasteiger partial charge in [0.2, 0.25) is 21.7 Å². The van der Waals surface area contributed by atoms with E-state index in [2.05, 4.69) is 10.1 Å². The molecule has 0 aliphatic carbocycles. The fourth-order valence-electron chi connectivity index (χ4n) is 2.72. The third-order valence-electron chi connectivity index (χ3n) is 4.00. The third-order valence-corrected chi connectivity index (χ3v) is 5.89. The van der Waals surface area contributed by atoms with Crippen LogP contribution in [0.4, 0.5) is 0 Å². The molecule has 1 aromatic heterocycles. The SMILES string of the molecule is O=C1c2ccccc2CS(=O)(=O)N1Cc1nc(-c2ccc(Cl)cc2)no1. The molecule has 1 amide bonds. The lowest BCUT2D eigenvalue weighted by Gasteiger charge is -2.26. The van der Waals surface area contributed by atoms with Crippen LogP contribution in [0, 0.1) is 0 Å². The lowest BCUT2D eigenvalue weighted by atomic mass is 10.1. The van der Waals surface area contributed by atoms with Crippen LogP contribution < -0.4 is 0 Å². The van der Waals surface area contributed by atoms with E-state index >= 15 is 0 Å². The summed E-state index contributed by atoms with van der Waals surface area (Å²) in [6.45, 7) is -0.309. The number of benzene rings is 2. The number of fused-ring (bicyclic) bond motifs is 1. The van der Waals surface area contributed by atoms with Crippen molar-refractivity contribution in [2.45, 2.75) is 12.3 Å². The second-order valence-corrected chi connectivity index (χ2v) is 8.07. The molecule has 7 nitrogen and oxygen atoms in total. The van der Waals surface area contributed by atoms with Gasteiger partial charge in [0, 0.05) is 16.1 Å². The number of halogens is 1. The minimum atomic E-state index is -3.81. The highest BCUT2D eigenvalue weighted by Gasteiger charge is 2.36. The number of aromatic nitrogens is 2. The maximum absolute atomic E-state index is 12.6. The fraction of sp³-hybridized carbons (Fsp3) is 0.118. The summed E-state index contributed by atoms with van der Waals surface area (Å²) in [6.07, 6.45) is 0. The summed E-state index contributed by atoms with van der Waals surface area (Å²) in [5, 5.41) is 4.41. The van der Waals surface area contributed by atoms with Crippen molar-refractivity contribution < 1.29 is 17.7 Å². The molecule has 0 N–H and O–H groups in total. The van der Waals surface area contributed by atoms with Crippen LogP contribution in [0.3, 0.4) is 0 Å². The van der Waals surface area contributed by atoms with Gasteiger partial charge < -0.3 is 4.52 Å². The lowest BCUT2D eigenvalue weighted by molar-refractivity contribution is 0.0838. The highest BCUT2D eigenvalue weighted by molar-refractivity contribution is 7.89. The predicted molar refractivity (Wildman–Crippen MR) is 93.7 cm³/mol. The van der Waals surface area contributed by atoms with E-state index < -0.39 is 15.9 Å².